The highest BCUT2D eigenvalue weighted by molar-refractivity contribution is 5.85. The summed E-state index contributed by atoms with van der Waals surface area (Å²) in [7, 11) is 8.85. The molecule has 3 heterocycles. The molecule has 2 saturated heterocycles. The normalized spacial score (nSPS) is 19.2. The number of nitrogens with zero attached hydrogens (tertiary/aromatic N) is 5. The molecule has 2 atom stereocenters. The van der Waals surface area contributed by atoms with Gasteiger partial charge in [-0.15, -0.1) is 12.4 Å². The highest BCUT2D eigenvalue weighted by atomic mass is 35.5. The van der Waals surface area contributed by atoms with Crippen LogP contribution in [0.4, 0.5) is 22.7 Å². The third-order valence-electron chi connectivity index (χ3n) is 7.57. The largest absolute Gasteiger partial charge is 0.399 e. The van der Waals surface area contributed by atoms with E-state index < -0.39 is 0 Å². The molecular weight excluding hydrogens is 494 g/mol. The van der Waals surface area contributed by atoms with Crippen LogP contribution < -0.4 is 25.8 Å². The molecule has 0 radical (unpaired) electrons. The number of halogens is 1. The van der Waals surface area contributed by atoms with E-state index in [0.29, 0.717) is 12.1 Å². The number of nitrogens with two attached hydrogens (primary N) is 2. The lowest BCUT2D eigenvalue weighted by atomic mass is 10.1. The van der Waals surface area contributed by atoms with Crippen LogP contribution >= 0.6 is 12.4 Å². The van der Waals surface area contributed by atoms with E-state index in [1.165, 1.54) is 55.7 Å². The summed E-state index contributed by atoms with van der Waals surface area (Å²) in [5, 5.41) is 0. The van der Waals surface area contributed by atoms with Gasteiger partial charge in [0.2, 0.25) is 6.33 Å². The molecule has 38 heavy (non-hydrogen) atoms. The fourth-order valence-electron chi connectivity index (χ4n) is 5.72. The molecule has 0 bridgehead atoms. The lowest BCUT2D eigenvalue weighted by molar-refractivity contribution is -0.871. The van der Waals surface area contributed by atoms with Crippen molar-refractivity contribution in [3.8, 4) is 0 Å². The first-order valence-electron chi connectivity index (χ1n) is 13.7. The van der Waals surface area contributed by atoms with Crippen LogP contribution in [-0.4, -0.2) is 61.9 Å². The second-order valence-corrected chi connectivity index (χ2v) is 11.9. The first-order chi connectivity index (χ1) is 17.6. The van der Waals surface area contributed by atoms with E-state index in [1.807, 2.05) is 18.2 Å². The number of nitrogen functional groups attached to an aromatic ring is 2. The fourth-order valence-corrected chi connectivity index (χ4v) is 5.72. The van der Waals surface area contributed by atoms with Crippen LogP contribution in [0, 0.1) is 6.92 Å². The number of hydrogen-bond donors (Lipinski definition) is 2. The second kappa shape index (κ2) is 12.8. The molecule has 2 aliphatic heterocycles. The molecule has 2 aliphatic rings. The Kier molecular flexibility index (Phi) is 9.96. The minimum absolute atomic E-state index is 0. The van der Waals surface area contributed by atoms with Crippen LogP contribution in [-0.2, 0) is 13.6 Å². The molecular formula is C30H48ClN7+2. The molecule has 2 aromatic carbocycles. The Morgan fingerprint density at radius 1 is 0.895 bits per heavy atom. The van der Waals surface area contributed by atoms with Crippen molar-refractivity contribution in [3.63, 3.8) is 0 Å². The average molecular weight is 542 g/mol. The number of aromatic nitrogens is 2. The number of likely N-dealkylation sites (N-methyl/N-ethyl adjacent to an activating group) is 1. The SMILES string of the molecule is C[N+](C)(C)CC1CCCN1c1ccc(N)cc1.Cc1cc(N2CCCC2Cn2cc[n+](C)c2)ccc1N.Cl. The summed E-state index contributed by atoms with van der Waals surface area (Å²) < 4.78 is 5.38. The smallest absolute Gasteiger partial charge is 0.243 e. The van der Waals surface area contributed by atoms with Gasteiger partial charge in [-0.3, -0.25) is 0 Å². The first kappa shape index (κ1) is 29.7. The van der Waals surface area contributed by atoms with Crippen molar-refractivity contribution in [2.45, 2.75) is 51.2 Å². The molecule has 1 aromatic heterocycles. The molecule has 8 heteroatoms. The van der Waals surface area contributed by atoms with Crippen molar-refractivity contribution in [1.82, 2.24) is 4.57 Å². The molecule has 0 aliphatic carbocycles. The number of anilines is 4. The van der Waals surface area contributed by atoms with E-state index in [0.717, 1.165) is 28.9 Å². The minimum Gasteiger partial charge on any atom is -0.399 e. The van der Waals surface area contributed by atoms with E-state index in [-0.39, 0.29) is 12.4 Å². The molecule has 208 valence electrons. The van der Waals surface area contributed by atoms with Crippen LogP contribution in [0.25, 0.3) is 0 Å². The summed E-state index contributed by atoms with van der Waals surface area (Å²) in [4.78, 5) is 5.05. The van der Waals surface area contributed by atoms with Crippen LogP contribution in [0.2, 0.25) is 0 Å². The number of hydrogen-bond acceptors (Lipinski definition) is 4. The number of rotatable bonds is 6. The Balaban J connectivity index is 0.000000208. The predicted molar refractivity (Wildman–Crippen MR) is 163 cm³/mol. The quantitative estimate of drug-likeness (QED) is 0.278. The van der Waals surface area contributed by atoms with Crippen molar-refractivity contribution >= 4 is 35.2 Å². The Labute approximate surface area is 235 Å². The topological polar surface area (TPSA) is 67.3 Å². The molecule has 2 unspecified atom stereocenters. The molecule has 4 N–H and O–H groups in total. The summed E-state index contributed by atoms with van der Waals surface area (Å²) in [6, 6.07) is 15.9. The molecule has 7 nitrogen and oxygen atoms in total. The van der Waals surface area contributed by atoms with Gasteiger partial charge in [-0.05, 0) is 80.6 Å². The van der Waals surface area contributed by atoms with Gasteiger partial charge < -0.3 is 25.8 Å². The standard InChI is InChI=1S/C16H23N4.C14H24N3.ClH/c1-13-10-14(5-6-16(13)17)20-7-3-4-15(20)11-19-9-8-18(2)12-19;1-17(2,3)11-14-5-4-10-16(14)13-8-6-12(15)7-9-13;/h5-6,8-10,12,15H,3-4,7,11,17H2,1-2H3;6-9,14H,4-5,10-11,15H2,1-3H3;1H/q2*+1;. The zero-order valence-electron chi connectivity index (χ0n) is 23.9. The van der Waals surface area contributed by atoms with Gasteiger partial charge in [0.1, 0.15) is 18.9 Å². The maximum atomic E-state index is 5.92. The lowest BCUT2D eigenvalue weighted by Gasteiger charge is -2.33. The Hall–Kier alpha value is -2.90. The molecule has 0 saturated carbocycles. The van der Waals surface area contributed by atoms with Gasteiger partial charge in [0.15, 0.2) is 0 Å². The van der Waals surface area contributed by atoms with Gasteiger partial charge in [-0.25, -0.2) is 9.13 Å². The molecule has 0 amide bonds. The van der Waals surface area contributed by atoms with Crippen molar-refractivity contribution in [2.75, 3.05) is 62.0 Å². The summed E-state index contributed by atoms with van der Waals surface area (Å²) in [6.45, 7) is 6.64. The van der Waals surface area contributed by atoms with Crippen LogP contribution in [0.3, 0.4) is 0 Å². The van der Waals surface area contributed by atoms with Crippen LogP contribution in [0.5, 0.6) is 0 Å². The van der Waals surface area contributed by atoms with E-state index >= 15 is 0 Å². The molecule has 0 spiro atoms. The van der Waals surface area contributed by atoms with Crippen molar-refractivity contribution < 1.29 is 9.05 Å². The number of benzene rings is 2. The van der Waals surface area contributed by atoms with Crippen molar-refractivity contribution in [1.29, 1.82) is 0 Å². The lowest BCUT2D eigenvalue weighted by Crippen LogP contribution is -2.46. The Morgan fingerprint density at radius 3 is 2.08 bits per heavy atom. The summed E-state index contributed by atoms with van der Waals surface area (Å²) in [5.74, 6) is 0. The third kappa shape index (κ3) is 7.81. The van der Waals surface area contributed by atoms with E-state index in [1.54, 1.807) is 0 Å². The first-order valence-corrected chi connectivity index (χ1v) is 13.7. The highest BCUT2D eigenvalue weighted by Gasteiger charge is 2.29. The van der Waals surface area contributed by atoms with Crippen molar-refractivity contribution in [2.24, 2.45) is 7.05 Å². The fraction of sp³-hybridized carbons (Fsp3) is 0.500. The monoisotopic (exact) mass is 541 g/mol. The van der Waals surface area contributed by atoms with Crippen molar-refractivity contribution in [3.05, 3.63) is 66.7 Å². The maximum Gasteiger partial charge on any atom is 0.243 e. The number of aryl methyl sites for hydroxylation is 2. The van der Waals surface area contributed by atoms with Crippen LogP contribution in [0.15, 0.2) is 61.2 Å². The van der Waals surface area contributed by atoms with E-state index in [2.05, 4.69) is 97.0 Å². The zero-order valence-corrected chi connectivity index (χ0v) is 24.7. The predicted octanol–water partition coefficient (Wildman–Crippen LogP) is 4.24. The van der Waals surface area contributed by atoms with Gasteiger partial charge in [0, 0.05) is 35.8 Å². The molecule has 5 rings (SSSR count). The average Bonchev–Trinajstić information content (AvgIpc) is 3.58. The minimum atomic E-state index is 0. The second-order valence-electron chi connectivity index (χ2n) is 11.9. The highest BCUT2D eigenvalue weighted by Crippen LogP contribution is 2.29. The number of quaternary nitrogens is 1. The van der Waals surface area contributed by atoms with Crippen LogP contribution in [0.1, 0.15) is 31.2 Å². The number of imidazole rings is 1. The molecule has 2 fully saturated rings. The Bertz CT molecular complexity index is 1150. The van der Waals surface area contributed by atoms with E-state index in [4.69, 9.17) is 11.5 Å². The summed E-state index contributed by atoms with van der Waals surface area (Å²) in [6.07, 6.45) is 11.5. The van der Waals surface area contributed by atoms with Gasteiger partial charge in [-0.1, -0.05) is 0 Å². The van der Waals surface area contributed by atoms with E-state index in [9.17, 15) is 0 Å². The summed E-state index contributed by atoms with van der Waals surface area (Å²) >= 11 is 0. The zero-order chi connectivity index (χ0) is 26.6. The van der Waals surface area contributed by atoms with Gasteiger partial charge >= 0.3 is 0 Å². The van der Waals surface area contributed by atoms with Gasteiger partial charge in [0.05, 0.1) is 46.8 Å². The van der Waals surface area contributed by atoms with Gasteiger partial charge in [0.25, 0.3) is 0 Å². The third-order valence-corrected chi connectivity index (χ3v) is 7.57. The molecule has 3 aromatic rings. The Morgan fingerprint density at radius 2 is 1.50 bits per heavy atom. The van der Waals surface area contributed by atoms with Gasteiger partial charge in [-0.2, -0.15) is 0 Å². The summed E-state index contributed by atoms with van der Waals surface area (Å²) in [5.41, 5.74) is 17.2. The maximum absolute atomic E-state index is 5.92.